The van der Waals surface area contributed by atoms with Gasteiger partial charge in [-0.25, -0.2) is 4.98 Å². The lowest BCUT2D eigenvalue weighted by Crippen LogP contribution is -2.23. The van der Waals surface area contributed by atoms with E-state index in [4.69, 9.17) is 11.6 Å². The Morgan fingerprint density at radius 2 is 1.91 bits per heavy atom. The molecule has 0 aliphatic rings. The maximum atomic E-state index is 13.3. The molecule has 4 aromatic rings. The maximum absolute atomic E-state index is 13.3. The van der Waals surface area contributed by atoms with E-state index in [0.717, 1.165) is 23.2 Å². The van der Waals surface area contributed by atoms with Crippen LogP contribution in [-0.4, -0.2) is 21.2 Å². The molecule has 7 heteroatoms. The zero-order chi connectivity index (χ0) is 22.7. The van der Waals surface area contributed by atoms with E-state index in [1.54, 1.807) is 18.2 Å². The molecule has 0 saturated heterocycles. The first-order valence-corrected chi connectivity index (χ1v) is 11.6. The number of rotatable bonds is 6. The Hall–Kier alpha value is -3.09. The van der Waals surface area contributed by atoms with Crippen molar-refractivity contribution >= 4 is 45.9 Å². The number of anilines is 1. The number of hydrogen-bond acceptors (Lipinski definition) is 4. The number of amides is 1. The molecule has 1 N–H and O–H groups in total. The van der Waals surface area contributed by atoms with Gasteiger partial charge in [-0.05, 0) is 60.9 Å². The maximum Gasteiger partial charge on any atom is 0.266 e. The topological polar surface area (TPSA) is 64.0 Å². The van der Waals surface area contributed by atoms with Crippen molar-refractivity contribution in [1.29, 1.82) is 0 Å². The van der Waals surface area contributed by atoms with Crippen molar-refractivity contribution in [1.82, 2.24) is 9.55 Å². The number of thioether (sulfide) groups is 1. The van der Waals surface area contributed by atoms with E-state index in [-0.39, 0.29) is 17.2 Å². The Bertz CT molecular complexity index is 1370. The number of hydrogen-bond donors (Lipinski definition) is 1. The van der Waals surface area contributed by atoms with Gasteiger partial charge in [-0.1, -0.05) is 60.6 Å². The van der Waals surface area contributed by atoms with Gasteiger partial charge < -0.3 is 5.32 Å². The van der Waals surface area contributed by atoms with Gasteiger partial charge in [0, 0.05) is 10.7 Å². The molecule has 32 heavy (non-hydrogen) atoms. The van der Waals surface area contributed by atoms with Crippen molar-refractivity contribution in [2.45, 2.75) is 25.4 Å². The minimum Gasteiger partial charge on any atom is -0.325 e. The summed E-state index contributed by atoms with van der Waals surface area (Å²) in [6.45, 7) is 3.97. The highest BCUT2D eigenvalue weighted by molar-refractivity contribution is 7.99. The van der Waals surface area contributed by atoms with E-state index in [2.05, 4.69) is 17.2 Å². The third kappa shape index (κ3) is 4.71. The highest BCUT2D eigenvalue weighted by Crippen LogP contribution is 2.25. The smallest absolute Gasteiger partial charge is 0.266 e. The highest BCUT2D eigenvalue weighted by Gasteiger charge is 2.15. The predicted molar refractivity (Wildman–Crippen MR) is 132 cm³/mol. The summed E-state index contributed by atoms with van der Waals surface area (Å²) < 4.78 is 1.52. The molecule has 0 atom stereocenters. The summed E-state index contributed by atoms with van der Waals surface area (Å²) >= 11 is 7.54. The monoisotopic (exact) mass is 463 g/mol. The van der Waals surface area contributed by atoms with E-state index in [1.165, 1.54) is 16.3 Å². The zero-order valence-electron chi connectivity index (χ0n) is 17.8. The quantitative estimate of drug-likeness (QED) is 0.297. The lowest BCUT2D eigenvalue weighted by atomic mass is 10.1. The highest BCUT2D eigenvalue weighted by atomic mass is 35.5. The summed E-state index contributed by atoms with van der Waals surface area (Å²) in [7, 11) is 0. The van der Waals surface area contributed by atoms with Gasteiger partial charge in [0.15, 0.2) is 5.16 Å². The second kappa shape index (κ2) is 9.59. The fraction of sp³-hybridized carbons (Fsp3) is 0.160. The molecule has 0 fully saturated rings. The normalized spacial score (nSPS) is 11.0. The molecule has 1 heterocycles. The first kappa shape index (κ1) is 22.1. The van der Waals surface area contributed by atoms with E-state index >= 15 is 0 Å². The predicted octanol–water partition coefficient (Wildman–Crippen LogP) is 5.64. The summed E-state index contributed by atoms with van der Waals surface area (Å²) in [5.41, 5.74) is 3.82. The minimum atomic E-state index is -0.200. The van der Waals surface area contributed by atoms with Crippen LogP contribution in [0.2, 0.25) is 5.02 Å². The van der Waals surface area contributed by atoms with E-state index in [9.17, 15) is 9.59 Å². The molecule has 0 radical (unpaired) electrons. The Labute approximate surface area is 195 Å². The number of aromatic nitrogens is 2. The molecule has 1 aromatic heterocycles. The lowest BCUT2D eigenvalue weighted by Gasteiger charge is -2.14. The first-order valence-electron chi connectivity index (χ1n) is 10.3. The van der Waals surface area contributed by atoms with Crippen LogP contribution in [0.3, 0.4) is 0 Å². The number of aryl methyl sites for hydroxylation is 2. The fourth-order valence-electron chi connectivity index (χ4n) is 3.35. The van der Waals surface area contributed by atoms with Crippen LogP contribution in [0.15, 0.2) is 76.7 Å². The van der Waals surface area contributed by atoms with Gasteiger partial charge in [0.2, 0.25) is 5.91 Å². The second-order valence-electron chi connectivity index (χ2n) is 7.38. The van der Waals surface area contributed by atoms with Crippen LogP contribution in [0.1, 0.15) is 18.1 Å². The molecule has 162 valence electrons. The molecule has 5 nitrogen and oxygen atoms in total. The molecule has 0 aliphatic carbocycles. The molecule has 3 aromatic carbocycles. The number of carbonyl (C=O) groups is 1. The Morgan fingerprint density at radius 1 is 1.09 bits per heavy atom. The SMILES string of the molecule is CCc1cccc(NC(=O)CSc2nc3ccccc3c(=O)n2-c2ccc(C)c(Cl)c2)c1. The molecule has 4 rings (SSSR count). The van der Waals surface area contributed by atoms with Crippen LogP contribution in [0.4, 0.5) is 5.69 Å². The van der Waals surface area contributed by atoms with Crippen molar-refractivity contribution in [3.8, 4) is 5.69 Å². The average Bonchev–Trinajstić information content (AvgIpc) is 2.80. The average molecular weight is 464 g/mol. The van der Waals surface area contributed by atoms with Gasteiger partial charge >= 0.3 is 0 Å². The van der Waals surface area contributed by atoms with Crippen molar-refractivity contribution in [2.75, 3.05) is 11.1 Å². The van der Waals surface area contributed by atoms with E-state index < -0.39 is 0 Å². The largest absolute Gasteiger partial charge is 0.325 e. The summed E-state index contributed by atoms with van der Waals surface area (Å²) in [6, 6.07) is 20.4. The van der Waals surface area contributed by atoms with Crippen LogP contribution < -0.4 is 10.9 Å². The Morgan fingerprint density at radius 3 is 2.69 bits per heavy atom. The number of nitrogens with zero attached hydrogens (tertiary/aromatic N) is 2. The van der Waals surface area contributed by atoms with Gasteiger partial charge in [-0.15, -0.1) is 0 Å². The minimum absolute atomic E-state index is 0.112. The number of nitrogens with one attached hydrogen (secondary N) is 1. The van der Waals surface area contributed by atoms with Crippen LogP contribution in [0, 0.1) is 6.92 Å². The third-order valence-electron chi connectivity index (χ3n) is 5.11. The summed E-state index contributed by atoms with van der Waals surface area (Å²) in [5, 5.41) is 4.43. The van der Waals surface area contributed by atoms with Gasteiger partial charge in [0.05, 0.1) is 22.3 Å². The van der Waals surface area contributed by atoms with Crippen molar-refractivity contribution < 1.29 is 4.79 Å². The van der Waals surface area contributed by atoms with Gasteiger partial charge in [0.25, 0.3) is 5.56 Å². The fourth-order valence-corrected chi connectivity index (χ4v) is 4.34. The first-order chi connectivity index (χ1) is 15.5. The molecule has 0 saturated carbocycles. The van der Waals surface area contributed by atoms with E-state index in [0.29, 0.717) is 26.8 Å². The Balaban J connectivity index is 1.67. The Kier molecular flexibility index (Phi) is 6.63. The molecule has 1 amide bonds. The third-order valence-corrected chi connectivity index (χ3v) is 6.46. The molecule has 0 bridgehead atoms. The van der Waals surface area contributed by atoms with Crippen LogP contribution in [-0.2, 0) is 11.2 Å². The van der Waals surface area contributed by atoms with Crippen molar-refractivity contribution in [3.63, 3.8) is 0 Å². The summed E-state index contributed by atoms with van der Waals surface area (Å²) in [4.78, 5) is 30.6. The number of benzene rings is 3. The van der Waals surface area contributed by atoms with Crippen molar-refractivity contribution in [3.05, 3.63) is 93.2 Å². The van der Waals surface area contributed by atoms with Gasteiger partial charge in [0.1, 0.15) is 0 Å². The van der Waals surface area contributed by atoms with Crippen LogP contribution in [0.25, 0.3) is 16.6 Å². The number of halogens is 1. The number of para-hydroxylation sites is 1. The molecule has 0 unspecified atom stereocenters. The summed E-state index contributed by atoms with van der Waals surface area (Å²) in [6.07, 6.45) is 0.894. The molecular weight excluding hydrogens is 442 g/mol. The second-order valence-corrected chi connectivity index (χ2v) is 8.73. The van der Waals surface area contributed by atoms with E-state index in [1.807, 2.05) is 55.5 Å². The lowest BCUT2D eigenvalue weighted by molar-refractivity contribution is -0.113. The zero-order valence-corrected chi connectivity index (χ0v) is 19.3. The number of fused-ring (bicyclic) bond motifs is 1. The van der Waals surface area contributed by atoms with Gasteiger partial charge in [-0.2, -0.15) is 0 Å². The van der Waals surface area contributed by atoms with Crippen LogP contribution >= 0.6 is 23.4 Å². The van der Waals surface area contributed by atoms with Gasteiger partial charge in [-0.3, -0.25) is 14.2 Å². The molecule has 0 spiro atoms. The number of carbonyl (C=O) groups excluding carboxylic acids is 1. The van der Waals surface area contributed by atoms with Crippen LogP contribution in [0.5, 0.6) is 0 Å². The van der Waals surface area contributed by atoms with Crippen molar-refractivity contribution in [2.24, 2.45) is 0 Å². The molecule has 0 aliphatic heterocycles. The molecular formula is C25H22ClN3O2S. The summed E-state index contributed by atoms with van der Waals surface area (Å²) in [5.74, 6) is -0.0556. The standard InChI is InChI=1S/C25H22ClN3O2S/c1-3-17-7-6-8-18(13-17)27-23(30)15-32-25-28-22-10-5-4-9-20(22)24(31)29(25)19-12-11-16(2)21(26)14-19/h4-14H,3,15H2,1-2H3,(H,27,30).